The van der Waals surface area contributed by atoms with Gasteiger partial charge in [-0.1, -0.05) is 35.5 Å². The zero-order chi connectivity index (χ0) is 20.9. The van der Waals surface area contributed by atoms with Crippen molar-refractivity contribution in [3.05, 3.63) is 71.0 Å². The van der Waals surface area contributed by atoms with Crippen LogP contribution >= 0.6 is 23.1 Å². The lowest BCUT2D eigenvalue weighted by Crippen LogP contribution is -2.04. The van der Waals surface area contributed by atoms with Gasteiger partial charge in [-0.05, 0) is 37.3 Å². The van der Waals surface area contributed by atoms with Crippen LogP contribution in [0.3, 0.4) is 0 Å². The first kappa shape index (κ1) is 20.4. The Kier molecular flexibility index (Phi) is 6.35. The third-order valence-electron chi connectivity index (χ3n) is 4.52. The number of thioether (sulfide) groups is 1. The van der Waals surface area contributed by atoms with E-state index in [1.54, 1.807) is 30.2 Å². The van der Waals surface area contributed by atoms with Gasteiger partial charge in [0.25, 0.3) is 0 Å². The smallest absolute Gasteiger partial charge is 0.191 e. The molecular weight excluding hydrogens is 416 g/mol. The number of rotatable bonds is 8. The largest absolute Gasteiger partial charge is 0.497 e. The van der Waals surface area contributed by atoms with Gasteiger partial charge < -0.3 is 14.0 Å². The molecule has 0 saturated carbocycles. The molecule has 0 aliphatic carbocycles. The molecule has 4 rings (SSSR count). The number of thiazole rings is 1. The molecule has 0 aliphatic heterocycles. The number of methoxy groups -OCH3 is 1. The second-order valence-electron chi connectivity index (χ2n) is 6.72. The minimum Gasteiger partial charge on any atom is -0.497 e. The molecule has 0 spiro atoms. The molecule has 0 atom stereocenters. The molecule has 4 aromatic rings. The van der Waals surface area contributed by atoms with E-state index in [0.29, 0.717) is 6.61 Å². The van der Waals surface area contributed by atoms with E-state index in [4.69, 9.17) is 14.5 Å². The van der Waals surface area contributed by atoms with Gasteiger partial charge in [-0.2, -0.15) is 0 Å². The summed E-state index contributed by atoms with van der Waals surface area (Å²) >= 11 is 3.29. The van der Waals surface area contributed by atoms with Crippen molar-refractivity contribution in [2.75, 3.05) is 7.11 Å². The molecule has 154 valence electrons. The van der Waals surface area contributed by atoms with Crippen LogP contribution in [0.4, 0.5) is 0 Å². The van der Waals surface area contributed by atoms with Gasteiger partial charge in [0.2, 0.25) is 0 Å². The van der Waals surface area contributed by atoms with Crippen molar-refractivity contribution < 1.29 is 9.47 Å². The molecular formula is C22H22N4O2S2. The molecule has 0 saturated heterocycles. The van der Waals surface area contributed by atoms with E-state index in [9.17, 15) is 0 Å². The fraction of sp³-hybridized carbons (Fsp3) is 0.227. The fourth-order valence-corrected chi connectivity index (χ4v) is 4.58. The standard InChI is InChI=1S/C22H22N4O2S2/c1-15-5-4-6-16(11-15)21-23-17(13-29-21)14-30-22-25-24-20(26(22)2)12-28-19-9-7-18(27-3)8-10-19/h4-11,13H,12,14H2,1-3H3. The van der Waals surface area contributed by atoms with E-state index in [1.807, 2.05) is 35.9 Å². The lowest BCUT2D eigenvalue weighted by molar-refractivity contribution is 0.290. The topological polar surface area (TPSA) is 62.1 Å². The first-order chi connectivity index (χ1) is 14.6. The summed E-state index contributed by atoms with van der Waals surface area (Å²) < 4.78 is 12.9. The number of benzene rings is 2. The van der Waals surface area contributed by atoms with E-state index < -0.39 is 0 Å². The summed E-state index contributed by atoms with van der Waals surface area (Å²) in [4.78, 5) is 4.77. The number of aromatic nitrogens is 4. The first-order valence-electron chi connectivity index (χ1n) is 9.42. The van der Waals surface area contributed by atoms with Crippen molar-refractivity contribution in [3.63, 3.8) is 0 Å². The van der Waals surface area contributed by atoms with Crippen LogP contribution in [0.1, 0.15) is 17.1 Å². The minimum atomic E-state index is 0.352. The van der Waals surface area contributed by atoms with Crippen LogP contribution in [0.5, 0.6) is 11.5 Å². The predicted octanol–water partition coefficient (Wildman–Crippen LogP) is 5.13. The van der Waals surface area contributed by atoms with Gasteiger partial charge >= 0.3 is 0 Å². The molecule has 0 N–H and O–H groups in total. The zero-order valence-electron chi connectivity index (χ0n) is 17.0. The molecule has 6 nitrogen and oxygen atoms in total. The van der Waals surface area contributed by atoms with Crippen molar-refractivity contribution in [1.82, 2.24) is 19.7 Å². The average molecular weight is 439 g/mol. The van der Waals surface area contributed by atoms with Crippen LogP contribution < -0.4 is 9.47 Å². The van der Waals surface area contributed by atoms with E-state index in [1.165, 1.54) is 5.56 Å². The van der Waals surface area contributed by atoms with Gasteiger partial charge in [0.05, 0.1) is 12.8 Å². The maximum Gasteiger partial charge on any atom is 0.191 e. The molecule has 2 aromatic heterocycles. The third kappa shape index (κ3) is 4.83. The van der Waals surface area contributed by atoms with Gasteiger partial charge in [0.15, 0.2) is 11.0 Å². The Bertz CT molecular complexity index is 1120. The van der Waals surface area contributed by atoms with E-state index >= 15 is 0 Å². The van der Waals surface area contributed by atoms with E-state index in [2.05, 4.69) is 46.8 Å². The first-order valence-corrected chi connectivity index (χ1v) is 11.3. The molecule has 0 unspecified atom stereocenters. The molecule has 30 heavy (non-hydrogen) atoms. The van der Waals surface area contributed by atoms with Crippen molar-refractivity contribution in [3.8, 4) is 22.1 Å². The Labute approximate surface area is 183 Å². The highest BCUT2D eigenvalue weighted by atomic mass is 32.2. The molecule has 0 amide bonds. The maximum absolute atomic E-state index is 5.81. The monoisotopic (exact) mass is 438 g/mol. The molecule has 2 heterocycles. The number of hydrogen-bond acceptors (Lipinski definition) is 7. The SMILES string of the molecule is COc1ccc(OCc2nnc(SCc3csc(-c4cccc(C)c4)n3)n2C)cc1. The molecule has 0 bridgehead atoms. The quantitative estimate of drug-likeness (QED) is 0.356. The van der Waals surface area contributed by atoms with Gasteiger partial charge in [-0.25, -0.2) is 4.98 Å². The summed E-state index contributed by atoms with van der Waals surface area (Å²) in [5.41, 5.74) is 3.44. The van der Waals surface area contributed by atoms with Gasteiger partial charge in [0.1, 0.15) is 23.1 Å². The van der Waals surface area contributed by atoms with Gasteiger partial charge in [-0.3, -0.25) is 0 Å². The number of aryl methyl sites for hydroxylation is 1. The summed E-state index contributed by atoms with van der Waals surface area (Å²) in [5.74, 6) is 3.08. The number of nitrogens with zero attached hydrogens (tertiary/aromatic N) is 4. The summed E-state index contributed by atoms with van der Waals surface area (Å²) in [6, 6.07) is 15.9. The lowest BCUT2D eigenvalue weighted by atomic mass is 10.1. The van der Waals surface area contributed by atoms with Crippen molar-refractivity contribution in [2.45, 2.75) is 24.4 Å². The third-order valence-corrected chi connectivity index (χ3v) is 6.51. The predicted molar refractivity (Wildman–Crippen MR) is 120 cm³/mol. The zero-order valence-corrected chi connectivity index (χ0v) is 18.7. The Morgan fingerprint density at radius 1 is 1.07 bits per heavy atom. The fourth-order valence-electron chi connectivity index (χ4n) is 2.84. The Morgan fingerprint density at radius 2 is 1.87 bits per heavy atom. The van der Waals surface area contributed by atoms with Crippen LogP contribution in [-0.4, -0.2) is 26.9 Å². The van der Waals surface area contributed by atoms with Crippen molar-refractivity contribution in [2.24, 2.45) is 7.05 Å². The average Bonchev–Trinajstić information content (AvgIpc) is 3.38. The Balaban J connectivity index is 1.35. The molecule has 0 radical (unpaired) electrons. The van der Waals surface area contributed by atoms with Crippen LogP contribution in [0.25, 0.3) is 10.6 Å². The van der Waals surface area contributed by atoms with Crippen LogP contribution in [-0.2, 0) is 19.4 Å². The molecule has 0 aliphatic rings. The highest BCUT2D eigenvalue weighted by Gasteiger charge is 2.12. The highest BCUT2D eigenvalue weighted by Crippen LogP contribution is 2.28. The van der Waals surface area contributed by atoms with E-state index in [-0.39, 0.29) is 0 Å². The second kappa shape index (κ2) is 9.32. The van der Waals surface area contributed by atoms with Gasteiger partial charge in [0, 0.05) is 23.7 Å². The Morgan fingerprint density at radius 3 is 2.63 bits per heavy atom. The molecule has 2 aromatic carbocycles. The van der Waals surface area contributed by atoms with Crippen molar-refractivity contribution >= 4 is 23.1 Å². The molecule has 8 heteroatoms. The summed E-state index contributed by atoms with van der Waals surface area (Å²) in [5, 5.41) is 12.6. The normalized spacial score (nSPS) is 10.9. The van der Waals surface area contributed by atoms with Crippen LogP contribution in [0.2, 0.25) is 0 Å². The summed E-state index contributed by atoms with van der Waals surface area (Å²) in [6.45, 7) is 2.45. The summed E-state index contributed by atoms with van der Waals surface area (Å²) in [7, 11) is 3.60. The number of hydrogen-bond donors (Lipinski definition) is 0. The lowest BCUT2D eigenvalue weighted by Gasteiger charge is -2.07. The highest BCUT2D eigenvalue weighted by molar-refractivity contribution is 7.98. The second-order valence-corrected chi connectivity index (χ2v) is 8.52. The Hall–Kier alpha value is -2.84. The summed E-state index contributed by atoms with van der Waals surface area (Å²) in [6.07, 6.45) is 0. The van der Waals surface area contributed by atoms with Crippen LogP contribution in [0, 0.1) is 6.92 Å². The molecule has 0 fully saturated rings. The number of ether oxygens (including phenoxy) is 2. The maximum atomic E-state index is 5.81. The van der Waals surface area contributed by atoms with E-state index in [0.717, 1.165) is 44.5 Å². The van der Waals surface area contributed by atoms with Gasteiger partial charge in [-0.15, -0.1) is 21.5 Å². The van der Waals surface area contributed by atoms with Crippen LogP contribution in [0.15, 0.2) is 59.1 Å². The van der Waals surface area contributed by atoms with Crippen molar-refractivity contribution in [1.29, 1.82) is 0 Å². The minimum absolute atomic E-state index is 0.352.